The van der Waals surface area contributed by atoms with Crippen LogP contribution in [0.25, 0.3) is 16.3 Å². The van der Waals surface area contributed by atoms with Crippen molar-refractivity contribution in [1.82, 2.24) is 9.88 Å². The first-order valence-electron chi connectivity index (χ1n) is 11.5. The van der Waals surface area contributed by atoms with Crippen LogP contribution in [0, 0.1) is 5.92 Å². The number of benzene rings is 2. The lowest BCUT2D eigenvalue weighted by Gasteiger charge is -2.29. The molecule has 1 unspecified atom stereocenters. The Bertz CT molecular complexity index is 1230. The summed E-state index contributed by atoms with van der Waals surface area (Å²) in [4.78, 5) is 34.0. The van der Waals surface area contributed by atoms with Crippen LogP contribution >= 0.6 is 0 Å². The van der Waals surface area contributed by atoms with Crippen molar-refractivity contribution in [3.8, 4) is 5.75 Å². The zero-order valence-electron chi connectivity index (χ0n) is 18.7. The standard InChI is InChI=1S/C27H27N3O3/c1-2-33-25-10-6-5-9-24(25)30-18-21(15-26(30)31)27(32)29-13-11-19(12-14-29)23-17-28-16-20-7-3-4-8-22(20)23/h3-11,16-17,21H,2,12-15,18H2,1H3. The number of pyridine rings is 1. The Labute approximate surface area is 193 Å². The Balaban J connectivity index is 1.30. The van der Waals surface area contributed by atoms with E-state index in [1.165, 1.54) is 11.0 Å². The molecule has 0 N–H and O–H groups in total. The lowest BCUT2D eigenvalue weighted by atomic mass is 9.95. The molecule has 2 aliphatic rings. The van der Waals surface area contributed by atoms with Crippen LogP contribution in [0.3, 0.4) is 0 Å². The van der Waals surface area contributed by atoms with Crippen molar-refractivity contribution in [2.45, 2.75) is 19.8 Å². The summed E-state index contributed by atoms with van der Waals surface area (Å²) in [7, 11) is 0. The second-order valence-electron chi connectivity index (χ2n) is 8.48. The largest absolute Gasteiger partial charge is 0.492 e. The van der Waals surface area contributed by atoms with Gasteiger partial charge in [-0.15, -0.1) is 0 Å². The molecule has 1 atom stereocenters. The number of fused-ring (bicyclic) bond motifs is 1. The second kappa shape index (κ2) is 9.06. The van der Waals surface area contributed by atoms with Crippen molar-refractivity contribution in [1.29, 1.82) is 0 Å². The number of aromatic nitrogens is 1. The predicted molar refractivity (Wildman–Crippen MR) is 129 cm³/mol. The summed E-state index contributed by atoms with van der Waals surface area (Å²) in [5.74, 6) is 0.360. The number of ether oxygens (including phenoxy) is 1. The Hall–Kier alpha value is -3.67. The van der Waals surface area contributed by atoms with Gasteiger partial charge < -0.3 is 14.5 Å². The molecule has 2 aromatic carbocycles. The van der Waals surface area contributed by atoms with Crippen LogP contribution in [0.4, 0.5) is 5.69 Å². The van der Waals surface area contributed by atoms with E-state index in [0.717, 1.165) is 23.1 Å². The van der Waals surface area contributed by atoms with Crippen molar-refractivity contribution in [3.63, 3.8) is 0 Å². The highest BCUT2D eigenvalue weighted by Gasteiger charge is 2.38. The molecule has 6 heteroatoms. The summed E-state index contributed by atoms with van der Waals surface area (Å²) < 4.78 is 5.69. The van der Waals surface area contributed by atoms with Gasteiger partial charge in [0.15, 0.2) is 0 Å². The molecule has 3 heterocycles. The first-order chi connectivity index (χ1) is 16.2. The van der Waals surface area contributed by atoms with Gasteiger partial charge in [0.2, 0.25) is 11.8 Å². The van der Waals surface area contributed by atoms with E-state index in [9.17, 15) is 9.59 Å². The van der Waals surface area contributed by atoms with Crippen molar-refractivity contribution in [3.05, 3.63) is 72.6 Å². The lowest BCUT2D eigenvalue weighted by Crippen LogP contribution is -2.40. The van der Waals surface area contributed by atoms with E-state index in [1.54, 1.807) is 4.90 Å². The van der Waals surface area contributed by atoms with E-state index >= 15 is 0 Å². The average Bonchev–Trinajstić information content (AvgIpc) is 3.25. The highest BCUT2D eigenvalue weighted by molar-refractivity contribution is 6.01. The third-order valence-corrected chi connectivity index (χ3v) is 6.47. The summed E-state index contributed by atoms with van der Waals surface area (Å²) >= 11 is 0. The molecule has 0 saturated carbocycles. The lowest BCUT2D eigenvalue weighted by molar-refractivity contribution is -0.135. The van der Waals surface area contributed by atoms with Gasteiger partial charge in [0.05, 0.1) is 18.2 Å². The molecule has 1 fully saturated rings. The zero-order chi connectivity index (χ0) is 22.8. The maximum atomic E-state index is 13.3. The number of para-hydroxylation sites is 2. The van der Waals surface area contributed by atoms with Gasteiger partial charge in [-0.2, -0.15) is 0 Å². The third-order valence-electron chi connectivity index (χ3n) is 6.47. The van der Waals surface area contributed by atoms with Crippen LogP contribution in [-0.4, -0.2) is 47.9 Å². The molecular weight excluding hydrogens is 414 g/mol. The molecule has 2 amide bonds. The number of carbonyl (C=O) groups is 2. The van der Waals surface area contributed by atoms with E-state index in [4.69, 9.17) is 4.74 Å². The van der Waals surface area contributed by atoms with E-state index in [-0.39, 0.29) is 24.2 Å². The van der Waals surface area contributed by atoms with Crippen LogP contribution < -0.4 is 9.64 Å². The fraction of sp³-hybridized carbons (Fsp3) is 0.296. The average molecular weight is 442 g/mol. The van der Waals surface area contributed by atoms with Crippen LogP contribution in [-0.2, 0) is 9.59 Å². The molecule has 1 aromatic heterocycles. The van der Waals surface area contributed by atoms with Crippen LogP contribution in [0.2, 0.25) is 0 Å². The zero-order valence-corrected chi connectivity index (χ0v) is 18.7. The topological polar surface area (TPSA) is 62.7 Å². The summed E-state index contributed by atoms with van der Waals surface area (Å²) in [6.45, 7) is 4.03. The fourth-order valence-corrected chi connectivity index (χ4v) is 4.81. The van der Waals surface area contributed by atoms with E-state index in [0.29, 0.717) is 32.0 Å². The monoisotopic (exact) mass is 441 g/mol. The first kappa shape index (κ1) is 21.2. The molecule has 3 aromatic rings. The van der Waals surface area contributed by atoms with Crippen molar-refractivity contribution >= 4 is 33.8 Å². The molecule has 33 heavy (non-hydrogen) atoms. The number of carbonyl (C=O) groups excluding carboxylic acids is 2. The SMILES string of the molecule is CCOc1ccccc1N1CC(C(=O)N2CC=C(c3cncc4ccccc34)CC2)CC1=O. The van der Waals surface area contributed by atoms with Crippen LogP contribution in [0.5, 0.6) is 5.75 Å². The molecule has 5 rings (SSSR count). The maximum absolute atomic E-state index is 13.3. The molecule has 0 aliphatic carbocycles. The van der Waals surface area contributed by atoms with Gasteiger partial charge in [0.1, 0.15) is 5.75 Å². The van der Waals surface area contributed by atoms with E-state index < -0.39 is 0 Å². The Morgan fingerprint density at radius 2 is 1.94 bits per heavy atom. The van der Waals surface area contributed by atoms with Crippen LogP contribution in [0.15, 0.2) is 67.0 Å². The second-order valence-corrected chi connectivity index (χ2v) is 8.48. The van der Waals surface area contributed by atoms with Gasteiger partial charge in [-0.25, -0.2) is 0 Å². The smallest absolute Gasteiger partial charge is 0.228 e. The van der Waals surface area contributed by atoms with Gasteiger partial charge >= 0.3 is 0 Å². The van der Waals surface area contributed by atoms with Gasteiger partial charge in [0, 0.05) is 49.4 Å². The highest BCUT2D eigenvalue weighted by Crippen LogP contribution is 2.34. The van der Waals surface area contributed by atoms with Crippen molar-refractivity contribution in [2.75, 3.05) is 31.1 Å². The first-order valence-corrected chi connectivity index (χ1v) is 11.5. The molecule has 0 bridgehead atoms. The van der Waals surface area contributed by atoms with Crippen LogP contribution in [0.1, 0.15) is 25.3 Å². The Kier molecular flexibility index (Phi) is 5.82. The molecular formula is C27H27N3O3. The van der Waals surface area contributed by atoms with Gasteiger partial charge in [0.25, 0.3) is 0 Å². The fourth-order valence-electron chi connectivity index (χ4n) is 4.81. The number of nitrogens with zero attached hydrogens (tertiary/aromatic N) is 3. The molecule has 0 radical (unpaired) electrons. The number of hydrogen-bond acceptors (Lipinski definition) is 4. The number of rotatable bonds is 5. The van der Waals surface area contributed by atoms with Gasteiger partial charge in [-0.05, 0) is 36.4 Å². The summed E-state index contributed by atoms with van der Waals surface area (Å²) in [5, 5.41) is 2.30. The third kappa shape index (κ3) is 4.09. The van der Waals surface area contributed by atoms with E-state index in [1.807, 2.05) is 60.6 Å². The molecule has 2 aliphatic heterocycles. The Morgan fingerprint density at radius 3 is 2.76 bits per heavy atom. The van der Waals surface area contributed by atoms with Crippen molar-refractivity contribution < 1.29 is 14.3 Å². The predicted octanol–water partition coefficient (Wildman–Crippen LogP) is 4.30. The minimum Gasteiger partial charge on any atom is -0.492 e. The normalized spacial score (nSPS) is 18.5. The highest BCUT2D eigenvalue weighted by atomic mass is 16.5. The number of amides is 2. The molecule has 168 valence electrons. The summed E-state index contributed by atoms with van der Waals surface area (Å²) in [6.07, 6.45) is 6.93. The number of anilines is 1. The van der Waals surface area contributed by atoms with Gasteiger partial charge in [-0.1, -0.05) is 42.5 Å². The quantitative estimate of drug-likeness (QED) is 0.592. The minimum absolute atomic E-state index is 0.0319. The summed E-state index contributed by atoms with van der Waals surface area (Å²) in [6, 6.07) is 15.8. The van der Waals surface area contributed by atoms with E-state index in [2.05, 4.69) is 23.2 Å². The Morgan fingerprint density at radius 1 is 1.12 bits per heavy atom. The minimum atomic E-state index is -0.332. The molecule has 1 saturated heterocycles. The summed E-state index contributed by atoms with van der Waals surface area (Å²) in [5.41, 5.74) is 3.09. The maximum Gasteiger partial charge on any atom is 0.228 e. The van der Waals surface area contributed by atoms with Crippen molar-refractivity contribution in [2.24, 2.45) is 5.92 Å². The number of hydrogen-bond donors (Lipinski definition) is 0. The van der Waals surface area contributed by atoms with Gasteiger partial charge in [-0.3, -0.25) is 14.6 Å². The molecule has 0 spiro atoms. The molecule has 6 nitrogen and oxygen atoms in total.